The number of benzene rings is 2. The van der Waals surface area contributed by atoms with Crippen LogP contribution in [0.25, 0.3) is 6.08 Å². The lowest BCUT2D eigenvalue weighted by molar-refractivity contribution is 0.0605. The minimum Gasteiger partial charge on any atom is -0.478 e. The van der Waals surface area contributed by atoms with E-state index < -0.39 is 0 Å². The molecule has 0 bridgehead atoms. The molecule has 0 saturated heterocycles. The van der Waals surface area contributed by atoms with Crippen molar-refractivity contribution in [2.24, 2.45) is 0 Å². The quantitative estimate of drug-likeness (QED) is 0.548. The molecule has 0 saturated carbocycles. The highest BCUT2D eigenvalue weighted by atomic mass is 16.5. The van der Waals surface area contributed by atoms with E-state index in [0.717, 1.165) is 22.6 Å². The van der Waals surface area contributed by atoms with Crippen LogP contribution in [0.3, 0.4) is 0 Å². The number of rotatable bonds is 3. The Hall–Kier alpha value is -3.31. The predicted octanol–water partition coefficient (Wildman–Crippen LogP) is 5.43. The Bertz CT molecular complexity index is 1160. The van der Waals surface area contributed by atoms with E-state index in [2.05, 4.69) is 24.0 Å². The molecule has 2 aliphatic heterocycles. The van der Waals surface area contributed by atoms with Gasteiger partial charge in [-0.05, 0) is 50.1 Å². The van der Waals surface area contributed by atoms with E-state index in [1.54, 1.807) is 6.08 Å². The molecule has 2 aromatic carbocycles. The minimum atomic E-state index is -0.118. The second kappa shape index (κ2) is 7.18. The number of hydrogen-bond donors (Lipinski definition) is 0. The summed E-state index contributed by atoms with van der Waals surface area (Å²) in [7, 11) is 0. The lowest BCUT2D eigenvalue weighted by Crippen LogP contribution is -2.34. The number of ketones is 1. The van der Waals surface area contributed by atoms with E-state index in [1.807, 2.05) is 50.2 Å². The molecule has 0 radical (unpaired) electrons. The van der Waals surface area contributed by atoms with Gasteiger partial charge in [0.15, 0.2) is 5.76 Å². The van der Waals surface area contributed by atoms with Crippen molar-refractivity contribution in [2.45, 2.75) is 33.4 Å². The highest BCUT2D eigenvalue weighted by molar-refractivity contribution is 6.15. The molecule has 5 rings (SSSR count). The van der Waals surface area contributed by atoms with Gasteiger partial charge < -0.3 is 13.9 Å². The van der Waals surface area contributed by atoms with Crippen LogP contribution in [0.4, 0.5) is 0 Å². The Morgan fingerprint density at radius 3 is 2.63 bits per heavy atom. The molecule has 5 nitrogen and oxygen atoms in total. The molecule has 3 heterocycles. The Balaban J connectivity index is 1.50. The lowest BCUT2D eigenvalue weighted by Gasteiger charge is -2.34. The fourth-order valence-corrected chi connectivity index (χ4v) is 4.10. The summed E-state index contributed by atoms with van der Waals surface area (Å²) < 4.78 is 17.8. The molecular formula is C25H23NO4. The van der Waals surface area contributed by atoms with E-state index in [9.17, 15) is 4.79 Å². The van der Waals surface area contributed by atoms with Crippen LogP contribution < -0.4 is 9.47 Å². The zero-order valence-electron chi connectivity index (χ0n) is 17.3. The zero-order valence-corrected chi connectivity index (χ0v) is 17.3. The van der Waals surface area contributed by atoms with Crippen molar-refractivity contribution < 1.29 is 18.7 Å². The Morgan fingerprint density at radius 1 is 1.10 bits per heavy atom. The number of ether oxygens (including phenoxy) is 2. The fraction of sp³-hybridized carbons (Fsp3) is 0.240. The monoisotopic (exact) mass is 401 g/mol. The molecule has 0 N–H and O–H groups in total. The predicted molar refractivity (Wildman–Crippen MR) is 113 cm³/mol. The molecule has 0 aliphatic carbocycles. The van der Waals surface area contributed by atoms with E-state index >= 15 is 0 Å². The number of carbonyl (C=O) groups excluding carboxylic acids is 1. The second-order valence-electron chi connectivity index (χ2n) is 7.87. The number of Topliss-reactive ketones (excluding diaryl/α,β-unsaturated/α-hetero) is 1. The van der Waals surface area contributed by atoms with Crippen molar-refractivity contribution in [2.75, 3.05) is 6.73 Å². The minimum absolute atomic E-state index is 0.118. The standard InChI is InChI=1S/C25H23NO4/c1-15-11-21-20(13-26(14-28-21)17(3)18-7-5-4-6-8-18)25-23(15)24(27)22(30-25)12-19-10-9-16(2)29-19/h4-12,17H,13-14H2,1-3H3/b22-12-. The number of allylic oxidation sites excluding steroid dienone is 1. The summed E-state index contributed by atoms with van der Waals surface area (Å²) in [6, 6.07) is 16.1. The van der Waals surface area contributed by atoms with Crippen LogP contribution in [0.15, 0.2) is 58.7 Å². The first-order valence-corrected chi connectivity index (χ1v) is 10.1. The molecule has 1 unspecified atom stereocenters. The van der Waals surface area contributed by atoms with E-state index in [1.165, 1.54) is 5.56 Å². The Kier molecular flexibility index (Phi) is 4.48. The van der Waals surface area contributed by atoms with Crippen LogP contribution in [0, 0.1) is 13.8 Å². The zero-order chi connectivity index (χ0) is 20.8. The average Bonchev–Trinajstić information content (AvgIpc) is 3.31. The highest BCUT2D eigenvalue weighted by Gasteiger charge is 2.36. The Labute approximate surface area is 175 Å². The largest absolute Gasteiger partial charge is 0.478 e. The van der Waals surface area contributed by atoms with Crippen LogP contribution in [0.2, 0.25) is 0 Å². The molecule has 5 heteroatoms. The maximum atomic E-state index is 13.1. The Morgan fingerprint density at radius 2 is 1.90 bits per heavy atom. The van der Waals surface area contributed by atoms with Crippen LogP contribution >= 0.6 is 0 Å². The molecule has 152 valence electrons. The maximum absolute atomic E-state index is 13.1. The van der Waals surface area contributed by atoms with Crippen LogP contribution in [0.5, 0.6) is 11.5 Å². The smallest absolute Gasteiger partial charge is 0.232 e. The number of fused-ring (bicyclic) bond motifs is 3. The summed E-state index contributed by atoms with van der Waals surface area (Å²) in [5, 5.41) is 0. The summed E-state index contributed by atoms with van der Waals surface area (Å²) in [4.78, 5) is 15.3. The normalized spacial score (nSPS) is 18.0. The van der Waals surface area contributed by atoms with Gasteiger partial charge >= 0.3 is 0 Å². The van der Waals surface area contributed by atoms with Gasteiger partial charge in [-0.15, -0.1) is 0 Å². The van der Waals surface area contributed by atoms with Gasteiger partial charge in [-0.25, -0.2) is 0 Å². The number of carbonyl (C=O) groups is 1. The molecule has 0 amide bonds. The van der Waals surface area contributed by atoms with Gasteiger partial charge in [0.05, 0.1) is 11.1 Å². The van der Waals surface area contributed by atoms with Gasteiger partial charge in [0.1, 0.15) is 29.8 Å². The molecule has 3 aromatic rings. The number of nitrogens with zero attached hydrogens (tertiary/aromatic N) is 1. The lowest BCUT2D eigenvalue weighted by atomic mass is 9.98. The number of aryl methyl sites for hydroxylation is 2. The van der Waals surface area contributed by atoms with Crippen molar-refractivity contribution in [3.8, 4) is 11.5 Å². The highest BCUT2D eigenvalue weighted by Crippen LogP contribution is 2.45. The summed E-state index contributed by atoms with van der Waals surface area (Å²) in [6.45, 7) is 7.09. The third-order valence-electron chi connectivity index (χ3n) is 5.81. The number of furan rings is 1. The third-order valence-corrected chi connectivity index (χ3v) is 5.81. The number of hydrogen-bond acceptors (Lipinski definition) is 5. The van der Waals surface area contributed by atoms with Crippen molar-refractivity contribution in [3.05, 3.63) is 88.1 Å². The second-order valence-corrected chi connectivity index (χ2v) is 7.87. The summed E-state index contributed by atoms with van der Waals surface area (Å²) in [5.74, 6) is 2.94. The first kappa shape index (κ1) is 18.7. The first-order valence-electron chi connectivity index (χ1n) is 10.1. The maximum Gasteiger partial charge on any atom is 0.232 e. The van der Waals surface area contributed by atoms with Gasteiger partial charge in [-0.2, -0.15) is 0 Å². The molecule has 0 fully saturated rings. The third kappa shape index (κ3) is 3.12. The van der Waals surface area contributed by atoms with Crippen LogP contribution in [0.1, 0.15) is 51.5 Å². The topological polar surface area (TPSA) is 51.9 Å². The van der Waals surface area contributed by atoms with Crippen molar-refractivity contribution in [3.63, 3.8) is 0 Å². The van der Waals surface area contributed by atoms with Gasteiger partial charge in [0, 0.05) is 18.7 Å². The van der Waals surface area contributed by atoms with Gasteiger partial charge in [-0.1, -0.05) is 30.3 Å². The summed E-state index contributed by atoms with van der Waals surface area (Å²) in [5.41, 5.74) is 3.61. The van der Waals surface area contributed by atoms with Gasteiger partial charge in [-0.3, -0.25) is 9.69 Å². The molecule has 2 aliphatic rings. The van der Waals surface area contributed by atoms with Gasteiger partial charge in [0.2, 0.25) is 5.78 Å². The molecular weight excluding hydrogens is 378 g/mol. The molecule has 1 aromatic heterocycles. The van der Waals surface area contributed by atoms with Crippen molar-refractivity contribution in [1.82, 2.24) is 4.90 Å². The molecule has 0 spiro atoms. The van der Waals surface area contributed by atoms with Gasteiger partial charge in [0.25, 0.3) is 0 Å². The van der Waals surface area contributed by atoms with Crippen LogP contribution in [-0.4, -0.2) is 17.4 Å². The van der Waals surface area contributed by atoms with Crippen LogP contribution in [-0.2, 0) is 6.54 Å². The first-order chi connectivity index (χ1) is 14.5. The molecule has 30 heavy (non-hydrogen) atoms. The van der Waals surface area contributed by atoms with E-state index in [-0.39, 0.29) is 17.6 Å². The SMILES string of the molecule is Cc1ccc(/C=C2\Oc3c4c(cc(C)c3C2=O)OCN(C(C)c2ccccc2)C4)o1. The van der Waals surface area contributed by atoms with E-state index in [0.29, 0.717) is 30.3 Å². The van der Waals surface area contributed by atoms with Crippen molar-refractivity contribution in [1.29, 1.82) is 0 Å². The average molecular weight is 401 g/mol. The molecule has 1 atom stereocenters. The summed E-state index contributed by atoms with van der Waals surface area (Å²) >= 11 is 0. The van der Waals surface area contributed by atoms with E-state index in [4.69, 9.17) is 13.9 Å². The fourth-order valence-electron chi connectivity index (χ4n) is 4.10. The van der Waals surface area contributed by atoms with Crippen molar-refractivity contribution >= 4 is 11.9 Å². The summed E-state index contributed by atoms with van der Waals surface area (Å²) in [6.07, 6.45) is 1.66.